The van der Waals surface area contributed by atoms with Crippen molar-refractivity contribution in [2.24, 2.45) is 0 Å². The number of benzene rings is 6. The molecule has 1 aliphatic rings. The Bertz CT molecular complexity index is 1780. The minimum atomic E-state index is -0.0380. The maximum absolute atomic E-state index is 2.50. The molecule has 0 nitrogen and oxygen atoms in total. The van der Waals surface area contributed by atoms with Crippen LogP contribution in [0.1, 0.15) is 30.5 Å². The molecule has 1 aliphatic carbocycles. The molecule has 0 radical (unpaired) electrons. The summed E-state index contributed by atoms with van der Waals surface area (Å²) in [6.45, 7) is 6.89. The van der Waals surface area contributed by atoms with Gasteiger partial charge in [0.15, 0.2) is 0 Å². The van der Waals surface area contributed by atoms with Gasteiger partial charge in [0.05, 0.1) is 0 Å². The Kier molecular flexibility index (Phi) is 4.51. The number of rotatable bonds is 2. The van der Waals surface area contributed by atoms with Crippen LogP contribution in [0.3, 0.4) is 0 Å². The van der Waals surface area contributed by atoms with E-state index in [2.05, 4.69) is 136 Å². The Hall–Kier alpha value is -4.16. The lowest BCUT2D eigenvalue weighted by Gasteiger charge is -2.23. The van der Waals surface area contributed by atoms with E-state index in [1.54, 1.807) is 0 Å². The van der Waals surface area contributed by atoms with Crippen LogP contribution in [0.2, 0.25) is 0 Å². The van der Waals surface area contributed by atoms with Crippen molar-refractivity contribution >= 4 is 21.5 Å². The van der Waals surface area contributed by atoms with Crippen molar-refractivity contribution < 1.29 is 0 Å². The van der Waals surface area contributed by atoms with Crippen LogP contribution in [0, 0.1) is 6.92 Å². The van der Waals surface area contributed by atoms with Gasteiger partial charge in [0, 0.05) is 5.41 Å². The average molecular weight is 461 g/mol. The molecule has 0 aromatic heterocycles. The molecular formula is C36H28. The number of fused-ring (bicyclic) bond motifs is 5. The van der Waals surface area contributed by atoms with Gasteiger partial charge in [-0.2, -0.15) is 0 Å². The van der Waals surface area contributed by atoms with Crippen LogP contribution in [-0.2, 0) is 5.41 Å². The minimum absolute atomic E-state index is 0.0380. The third-order valence-corrected chi connectivity index (χ3v) is 8.13. The van der Waals surface area contributed by atoms with Crippen LogP contribution in [0.15, 0.2) is 115 Å². The summed E-state index contributed by atoms with van der Waals surface area (Å²) in [6.07, 6.45) is 0. The molecule has 0 N–H and O–H groups in total. The highest BCUT2D eigenvalue weighted by molar-refractivity contribution is 6.22. The van der Waals surface area contributed by atoms with Crippen molar-refractivity contribution in [2.45, 2.75) is 26.2 Å². The molecule has 36 heavy (non-hydrogen) atoms. The zero-order chi connectivity index (χ0) is 24.4. The van der Waals surface area contributed by atoms with E-state index in [9.17, 15) is 0 Å². The molecule has 6 aromatic carbocycles. The van der Waals surface area contributed by atoms with Gasteiger partial charge >= 0.3 is 0 Å². The average Bonchev–Trinajstić information content (AvgIpc) is 3.13. The maximum Gasteiger partial charge on any atom is 0.0159 e. The molecule has 0 unspecified atom stereocenters. The first-order valence-electron chi connectivity index (χ1n) is 12.8. The SMILES string of the molecule is Cc1ccc(-c2c3ccccc3c(-c3ccccc3)c3cc4c(cc23)-c2ccccc2C4(C)C)cc1. The highest BCUT2D eigenvalue weighted by atomic mass is 14.4. The molecule has 0 heteroatoms. The first-order valence-corrected chi connectivity index (χ1v) is 12.8. The summed E-state index contributed by atoms with van der Waals surface area (Å²) in [5, 5.41) is 5.26. The topological polar surface area (TPSA) is 0 Å². The molecule has 0 aliphatic heterocycles. The van der Waals surface area contributed by atoms with E-state index in [4.69, 9.17) is 0 Å². The Morgan fingerprint density at radius 3 is 1.69 bits per heavy atom. The molecule has 0 fully saturated rings. The lowest BCUT2D eigenvalue weighted by Crippen LogP contribution is -2.14. The van der Waals surface area contributed by atoms with Crippen LogP contribution in [-0.4, -0.2) is 0 Å². The third-order valence-electron chi connectivity index (χ3n) is 8.13. The first-order chi connectivity index (χ1) is 17.5. The van der Waals surface area contributed by atoms with Crippen molar-refractivity contribution in [3.8, 4) is 33.4 Å². The van der Waals surface area contributed by atoms with E-state index in [0.29, 0.717) is 0 Å². The highest BCUT2D eigenvalue weighted by Crippen LogP contribution is 2.53. The fraction of sp³-hybridized carbons (Fsp3) is 0.111. The van der Waals surface area contributed by atoms with E-state index >= 15 is 0 Å². The normalized spacial score (nSPS) is 13.6. The molecule has 0 atom stereocenters. The van der Waals surface area contributed by atoms with Gasteiger partial charge in [-0.25, -0.2) is 0 Å². The molecule has 0 saturated heterocycles. The van der Waals surface area contributed by atoms with E-state index in [1.807, 2.05) is 0 Å². The van der Waals surface area contributed by atoms with E-state index in [0.717, 1.165) is 0 Å². The van der Waals surface area contributed by atoms with Crippen LogP contribution < -0.4 is 0 Å². The Labute approximate surface area is 212 Å². The van der Waals surface area contributed by atoms with Crippen LogP contribution in [0.25, 0.3) is 54.9 Å². The van der Waals surface area contributed by atoms with E-state index in [-0.39, 0.29) is 5.41 Å². The van der Waals surface area contributed by atoms with Gasteiger partial charge in [-0.05, 0) is 85.1 Å². The minimum Gasteiger partial charge on any atom is -0.0622 e. The number of hydrogen-bond donors (Lipinski definition) is 0. The number of aryl methyl sites for hydroxylation is 1. The van der Waals surface area contributed by atoms with E-state index < -0.39 is 0 Å². The van der Waals surface area contributed by atoms with Gasteiger partial charge in [-0.1, -0.05) is 123 Å². The molecule has 0 heterocycles. The molecule has 0 spiro atoms. The van der Waals surface area contributed by atoms with Crippen molar-refractivity contribution in [2.75, 3.05) is 0 Å². The van der Waals surface area contributed by atoms with Gasteiger partial charge in [0.25, 0.3) is 0 Å². The van der Waals surface area contributed by atoms with Crippen LogP contribution in [0.4, 0.5) is 0 Å². The fourth-order valence-corrected chi connectivity index (χ4v) is 6.32. The maximum atomic E-state index is 2.50. The molecule has 0 bridgehead atoms. The Morgan fingerprint density at radius 2 is 1.00 bits per heavy atom. The van der Waals surface area contributed by atoms with Gasteiger partial charge in [0.1, 0.15) is 0 Å². The zero-order valence-electron chi connectivity index (χ0n) is 21.0. The summed E-state index contributed by atoms with van der Waals surface area (Å²) in [5.41, 5.74) is 12.0. The molecular weight excluding hydrogens is 432 g/mol. The van der Waals surface area contributed by atoms with Crippen molar-refractivity contribution in [3.05, 3.63) is 132 Å². The predicted octanol–water partition coefficient (Wildman–Crippen LogP) is 9.94. The Morgan fingerprint density at radius 1 is 0.444 bits per heavy atom. The van der Waals surface area contributed by atoms with Crippen molar-refractivity contribution in [1.29, 1.82) is 0 Å². The van der Waals surface area contributed by atoms with Crippen molar-refractivity contribution in [1.82, 2.24) is 0 Å². The number of hydrogen-bond acceptors (Lipinski definition) is 0. The van der Waals surface area contributed by atoms with Gasteiger partial charge in [-0.3, -0.25) is 0 Å². The summed E-state index contributed by atoms with van der Waals surface area (Å²) in [5.74, 6) is 0. The molecule has 6 aromatic rings. The standard InChI is InChI=1S/C36H28/c1-23-17-19-25(20-18-23)35-28-15-8-7-14-27(28)34(24-11-5-4-6-12-24)31-22-33-29(21-30(31)35)26-13-9-10-16-32(26)36(33,2)3/h4-22H,1-3H3. The lowest BCUT2D eigenvalue weighted by molar-refractivity contribution is 0.661. The molecule has 172 valence electrons. The largest absolute Gasteiger partial charge is 0.0622 e. The highest BCUT2D eigenvalue weighted by Gasteiger charge is 2.36. The van der Waals surface area contributed by atoms with Gasteiger partial charge < -0.3 is 0 Å². The Balaban J connectivity index is 1.71. The third kappa shape index (κ3) is 2.94. The molecule has 7 rings (SSSR count). The van der Waals surface area contributed by atoms with E-state index in [1.165, 1.54) is 71.6 Å². The lowest BCUT2D eigenvalue weighted by atomic mass is 9.79. The summed E-state index contributed by atoms with van der Waals surface area (Å²) in [7, 11) is 0. The van der Waals surface area contributed by atoms with Crippen molar-refractivity contribution in [3.63, 3.8) is 0 Å². The summed E-state index contributed by atoms with van der Waals surface area (Å²) in [6, 6.07) is 42.8. The van der Waals surface area contributed by atoms with Gasteiger partial charge in [-0.15, -0.1) is 0 Å². The smallest absolute Gasteiger partial charge is 0.0159 e. The zero-order valence-corrected chi connectivity index (χ0v) is 21.0. The quantitative estimate of drug-likeness (QED) is 0.226. The molecule has 0 amide bonds. The summed E-state index contributed by atoms with van der Waals surface area (Å²) in [4.78, 5) is 0. The second-order valence-corrected chi connectivity index (χ2v) is 10.6. The fourth-order valence-electron chi connectivity index (χ4n) is 6.32. The van der Waals surface area contributed by atoms with Crippen LogP contribution >= 0.6 is 0 Å². The summed E-state index contributed by atoms with van der Waals surface area (Å²) < 4.78 is 0. The first kappa shape index (κ1) is 21.1. The monoisotopic (exact) mass is 460 g/mol. The van der Waals surface area contributed by atoms with Gasteiger partial charge in [0.2, 0.25) is 0 Å². The predicted molar refractivity (Wildman–Crippen MR) is 155 cm³/mol. The molecule has 0 saturated carbocycles. The second-order valence-electron chi connectivity index (χ2n) is 10.6. The second kappa shape index (κ2) is 7.67. The summed E-state index contributed by atoms with van der Waals surface area (Å²) >= 11 is 0. The van der Waals surface area contributed by atoms with Crippen LogP contribution in [0.5, 0.6) is 0 Å².